The second-order valence-corrected chi connectivity index (χ2v) is 8.20. The predicted molar refractivity (Wildman–Crippen MR) is 122 cm³/mol. The molecule has 6 N–H and O–H groups in total. The molecule has 0 bridgehead atoms. The second-order valence-electron chi connectivity index (χ2n) is 6.77. The minimum atomic E-state index is -4.31. The molecule has 0 aliphatic rings. The molecule has 33 heavy (non-hydrogen) atoms. The van der Waals surface area contributed by atoms with Crippen molar-refractivity contribution in [1.29, 1.82) is 0 Å². The average molecular weight is 466 g/mol. The van der Waals surface area contributed by atoms with E-state index in [-0.39, 0.29) is 34.2 Å². The van der Waals surface area contributed by atoms with Crippen LogP contribution in [0.5, 0.6) is 11.5 Å². The standard InChI is InChI=1S/C21H18N6O5S/c28-16-7-1-13(2-8-16)22-19-25-20(23-14-3-9-17(29)10-4-14)27-21(26-19)24-15-5-11-18(12-6-15)33(30,31)32/h1-12,28-29H,(H,30,31,32)(H3,22,23,24,25,26,27). The Hall–Kier alpha value is -4.42. The van der Waals surface area contributed by atoms with Crippen molar-refractivity contribution < 1.29 is 23.2 Å². The fraction of sp³-hybridized carbons (Fsp3) is 0. The topological polar surface area (TPSA) is 170 Å². The molecule has 3 aromatic carbocycles. The fourth-order valence-electron chi connectivity index (χ4n) is 2.73. The molecule has 0 aliphatic heterocycles. The van der Waals surface area contributed by atoms with E-state index in [1.165, 1.54) is 48.5 Å². The number of aromatic hydroxyl groups is 2. The molecule has 0 fully saturated rings. The summed E-state index contributed by atoms with van der Waals surface area (Å²) in [5.41, 5.74) is 1.72. The number of phenols is 2. The van der Waals surface area contributed by atoms with E-state index in [1.54, 1.807) is 24.3 Å². The Morgan fingerprint density at radius 3 is 1.15 bits per heavy atom. The highest BCUT2D eigenvalue weighted by Gasteiger charge is 2.11. The van der Waals surface area contributed by atoms with Crippen LogP contribution in [0.1, 0.15) is 0 Å². The monoisotopic (exact) mass is 466 g/mol. The van der Waals surface area contributed by atoms with Gasteiger partial charge in [-0.15, -0.1) is 0 Å². The summed E-state index contributed by atoms with van der Waals surface area (Å²) in [6, 6.07) is 18.0. The molecule has 0 saturated carbocycles. The Kier molecular flexibility index (Phi) is 5.93. The first-order valence-electron chi connectivity index (χ1n) is 9.47. The molecular formula is C21H18N6O5S. The summed E-state index contributed by atoms with van der Waals surface area (Å²) < 4.78 is 31.6. The average Bonchev–Trinajstić information content (AvgIpc) is 2.77. The number of aromatic nitrogens is 3. The van der Waals surface area contributed by atoms with Crippen LogP contribution in [0.4, 0.5) is 34.9 Å². The van der Waals surface area contributed by atoms with Gasteiger partial charge in [-0.05, 0) is 72.8 Å². The van der Waals surface area contributed by atoms with Gasteiger partial charge in [0.1, 0.15) is 11.5 Å². The van der Waals surface area contributed by atoms with E-state index in [0.29, 0.717) is 17.1 Å². The third-order valence-corrected chi connectivity index (χ3v) is 5.16. The van der Waals surface area contributed by atoms with Gasteiger partial charge in [0.25, 0.3) is 10.1 Å². The minimum Gasteiger partial charge on any atom is -0.508 e. The first kappa shape index (κ1) is 21.8. The van der Waals surface area contributed by atoms with E-state index in [2.05, 4.69) is 30.9 Å². The predicted octanol–water partition coefficient (Wildman–Crippen LogP) is 3.76. The number of hydrogen-bond donors (Lipinski definition) is 6. The zero-order valence-corrected chi connectivity index (χ0v) is 17.7. The SMILES string of the molecule is O=S(=O)(O)c1ccc(Nc2nc(Nc3ccc(O)cc3)nc(Nc3ccc(O)cc3)n2)cc1. The van der Waals surface area contributed by atoms with Gasteiger partial charge in [0.2, 0.25) is 17.8 Å². The molecule has 12 heteroatoms. The molecule has 168 valence electrons. The van der Waals surface area contributed by atoms with E-state index in [9.17, 15) is 18.6 Å². The van der Waals surface area contributed by atoms with Crippen LogP contribution in [-0.4, -0.2) is 38.1 Å². The number of rotatable bonds is 7. The van der Waals surface area contributed by atoms with Gasteiger partial charge in [-0.3, -0.25) is 4.55 Å². The highest BCUT2D eigenvalue weighted by Crippen LogP contribution is 2.23. The molecule has 0 amide bonds. The zero-order chi connectivity index (χ0) is 23.4. The fourth-order valence-corrected chi connectivity index (χ4v) is 3.21. The molecule has 4 rings (SSSR count). The number of benzene rings is 3. The molecule has 0 spiro atoms. The van der Waals surface area contributed by atoms with Gasteiger partial charge in [0.15, 0.2) is 0 Å². The van der Waals surface area contributed by atoms with E-state index in [1.807, 2.05) is 0 Å². The van der Waals surface area contributed by atoms with E-state index in [0.717, 1.165) is 0 Å². The number of anilines is 6. The van der Waals surface area contributed by atoms with Crippen molar-refractivity contribution in [2.45, 2.75) is 4.90 Å². The molecule has 11 nitrogen and oxygen atoms in total. The molecule has 0 radical (unpaired) electrons. The van der Waals surface area contributed by atoms with Gasteiger partial charge in [-0.1, -0.05) is 0 Å². The quantitative estimate of drug-likeness (QED) is 0.173. The van der Waals surface area contributed by atoms with Crippen molar-refractivity contribution in [3.8, 4) is 11.5 Å². The largest absolute Gasteiger partial charge is 0.508 e. The number of nitrogens with one attached hydrogen (secondary N) is 3. The molecule has 0 atom stereocenters. The lowest BCUT2D eigenvalue weighted by Gasteiger charge is -2.12. The number of nitrogens with zero attached hydrogens (tertiary/aromatic N) is 3. The summed E-state index contributed by atoms with van der Waals surface area (Å²) in [5, 5.41) is 27.9. The molecule has 4 aromatic rings. The normalized spacial score (nSPS) is 11.1. The van der Waals surface area contributed by atoms with Crippen LogP contribution in [0.3, 0.4) is 0 Å². The summed E-state index contributed by atoms with van der Waals surface area (Å²) in [6.45, 7) is 0. The van der Waals surface area contributed by atoms with Gasteiger partial charge >= 0.3 is 0 Å². The van der Waals surface area contributed by atoms with Crippen molar-refractivity contribution in [3.05, 3.63) is 72.8 Å². The van der Waals surface area contributed by atoms with Crippen molar-refractivity contribution in [2.75, 3.05) is 16.0 Å². The van der Waals surface area contributed by atoms with Gasteiger partial charge in [0.05, 0.1) is 4.90 Å². The first-order chi connectivity index (χ1) is 15.7. The van der Waals surface area contributed by atoms with Gasteiger partial charge < -0.3 is 26.2 Å². The van der Waals surface area contributed by atoms with Crippen LogP contribution >= 0.6 is 0 Å². The highest BCUT2D eigenvalue weighted by molar-refractivity contribution is 7.85. The maximum atomic E-state index is 11.2. The van der Waals surface area contributed by atoms with Crippen LogP contribution in [0.2, 0.25) is 0 Å². The Morgan fingerprint density at radius 1 is 0.545 bits per heavy atom. The summed E-state index contributed by atoms with van der Waals surface area (Å²) in [5.74, 6) is 0.748. The summed E-state index contributed by atoms with van der Waals surface area (Å²) >= 11 is 0. The Labute approximate surface area is 188 Å². The second kappa shape index (κ2) is 8.98. The minimum absolute atomic E-state index is 0.113. The maximum absolute atomic E-state index is 11.2. The molecule has 0 aliphatic carbocycles. The van der Waals surface area contributed by atoms with Crippen molar-refractivity contribution in [3.63, 3.8) is 0 Å². The molecule has 1 heterocycles. The van der Waals surface area contributed by atoms with Crippen LogP contribution in [0.15, 0.2) is 77.7 Å². The lowest BCUT2D eigenvalue weighted by Crippen LogP contribution is -2.07. The third-order valence-electron chi connectivity index (χ3n) is 4.29. The van der Waals surface area contributed by atoms with E-state index < -0.39 is 10.1 Å². The molecule has 0 unspecified atom stereocenters. The smallest absolute Gasteiger partial charge is 0.294 e. The van der Waals surface area contributed by atoms with Crippen molar-refractivity contribution >= 4 is 45.0 Å². The van der Waals surface area contributed by atoms with Gasteiger partial charge in [0, 0.05) is 17.1 Å². The van der Waals surface area contributed by atoms with Crippen molar-refractivity contribution in [2.24, 2.45) is 0 Å². The van der Waals surface area contributed by atoms with E-state index in [4.69, 9.17) is 4.55 Å². The van der Waals surface area contributed by atoms with Gasteiger partial charge in [-0.25, -0.2) is 0 Å². The van der Waals surface area contributed by atoms with Crippen LogP contribution in [-0.2, 0) is 10.1 Å². The molecular weight excluding hydrogens is 448 g/mol. The highest BCUT2D eigenvalue weighted by atomic mass is 32.2. The molecule has 1 aromatic heterocycles. The number of hydrogen-bond acceptors (Lipinski definition) is 10. The van der Waals surface area contributed by atoms with E-state index >= 15 is 0 Å². The zero-order valence-electron chi connectivity index (χ0n) is 16.8. The lowest BCUT2D eigenvalue weighted by atomic mass is 10.3. The van der Waals surface area contributed by atoms with Crippen molar-refractivity contribution in [1.82, 2.24) is 15.0 Å². The van der Waals surface area contributed by atoms with Crippen LogP contribution < -0.4 is 16.0 Å². The Morgan fingerprint density at radius 2 is 0.848 bits per heavy atom. The lowest BCUT2D eigenvalue weighted by molar-refractivity contribution is 0.475. The number of phenolic OH excluding ortho intramolecular Hbond substituents is 2. The molecule has 0 saturated heterocycles. The van der Waals surface area contributed by atoms with Gasteiger partial charge in [-0.2, -0.15) is 23.4 Å². The summed E-state index contributed by atoms with van der Waals surface area (Å²) in [4.78, 5) is 12.7. The third kappa shape index (κ3) is 5.84. The van der Waals surface area contributed by atoms with Crippen LogP contribution in [0, 0.1) is 0 Å². The maximum Gasteiger partial charge on any atom is 0.294 e. The summed E-state index contributed by atoms with van der Waals surface area (Å²) in [6.07, 6.45) is 0. The summed E-state index contributed by atoms with van der Waals surface area (Å²) in [7, 11) is -4.31. The first-order valence-corrected chi connectivity index (χ1v) is 10.9. The Balaban J connectivity index is 1.63. The Bertz CT molecular complexity index is 1300. The van der Waals surface area contributed by atoms with Crippen LogP contribution in [0.25, 0.3) is 0 Å².